The second-order valence-electron chi connectivity index (χ2n) is 0.247. The number of rotatable bonds is 0. The molecule has 32 valence electrons. The van der Waals surface area contributed by atoms with Gasteiger partial charge in [-0.05, 0) is 0 Å². The van der Waals surface area contributed by atoms with Crippen LogP contribution >= 0.6 is 30.5 Å². The van der Waals surface area contributed by atoms with Gasteiger partial charge in [-0.1, -0.05) is 0 Å². The molecule has 0 aliphatic rings. The van der Waals surface area contributed by atoms with E-state index in [9.17, 15) is 0 Å². The second kappa shape index (κ2) is 6.56. The summed E-state index contributed by atoms with van der Waals surface area (Å²) in [6.07, 6.45) is 0. The van der Waals surface area contributed by atoms with E-state index in [1.54, 1.807) is 0 Å². The molecule has 0 atom stereocenters. The normalized spacial score (nSPS) is 5.40. The summed E-state index contributed by atoms with van der Waals surface area (Å²) >= 11 is -1.28. The van der Waals surface area contributed by atoms with Gasteiger partial charge >= 0.3 is 52.0 Å². The Balaban J connectivity index is 0. The van der Waals surface area contributed by atoms with Gasteiger partial charge in [-0.25, -0.2) is 0 Å². The molecule has 0 saturated carbocycles. The molecular weight excluding hydrogens is 398 g/mol. The quantitative estimate of drug-likeness (QED) is 0.589. The third kappa shape index (κ3) is 20.8. The van der Waals surface area contributed by atoms with Gasteiger partial charge in [0.2, 0.25) is 0 Å². The van der Waals surface area contributed by atoms with E-state index in [1.165, 1.54) is 0 Å². The maximum atomic E-state index is 3.33. The van der Waals surface area contributed by atoms with Gasteiger partial charge in [0.25, 0.3) is 0 Å². The Hall–Kier alpha value is 2.56. The molecule has 0 rings (SSSR count). The first-order valence-electron chi connectivity index (χ1n) is 0.655. The standard InChI is InChI=1S/3BrH.FH.La/h4*1H;/q;;;;+3/p-3. The summed E-state index contributed by atoms with van der Waals surface area (Å²) in [5.74, 6) is 0. The molecule has 0 aliphatic heterocycles. The molecule has 0 aromatic heterocycles. The van der Waals surface area contributed by atoms with Crippen molar-refractivity contribution in [3.8, 4) is 0 Å². The van der Waals surface area contributed by atoms with Gasteiger partial charge in [0.05, 0.1) is 0 Å². The summed E-state index contributed by atoms with van der Waals surface area (Å²) in [6.45, 7) is 0. The SMILES string of the molecule is F.[Br][La]([Br])[Br]. The van der Waals surface area contributed by atoms with Gasteiger partial charge in [0.15, 0.2) is 0 Å². The monoisotopic (exact) mass is 396 g/mol. The van der Waals surface area contributed by atoms with Crippen molar-refractivity contribution >= 4 is 30.5 Å². The molecular formula is HBr3FLa. The van der Waals surface area contributed by atoms with Crippen molar-refractivity contribution in [2.24, 2.45) is 0 Å². The molecule has 0 unspecified atom stereocenters. The summed E-state index contributed by atoms with van der Waals surface area (Å²) in [6, 6.07) is 0. The summed E-state index contributed by atoms with van der Waals surface area (Å²) < 4.78 is 0. The zero-order chi connectivity index (χ0) is 3.58. The Kier molecular flexibility index (Phi) is 13.8. The third-order valence-electron chi connectivity index (χ3n) is 0. The molecule has 0 aromatic rings. The predicted molar refractivity (Wildman–Crippen MR) is 29.3 cm³/mol. The topological polar surface area (TPSA) is 0 Å². The van der Waals surface area contributed by atoms with Gasteiger partial charge in [0, 0.05) is 0 Å². The van der Waals surface area contributed by atoms with Crippen LogP contribution in [0.1, 0.15) is 0 Å². The van der Waals surface area contributed by atoms with E-state index < -0.39 is 21.5 Å². The van der Waals surface area contributed by atoms with Gasteiger partial charge in [-0.2, -0.15) is 0 Å². The van der Waals surface area contributed by atoms with Crippen molar-refractivity contribution in [3.05, 3.63) is 0 Å². The van der Waals surface area contributed by atoms with Gasteiger partial charge in [0.1, 0.15) is 0 Å². The van der Waals surface area contributed by atoms with Crippen molar-refractivity contribution in [2.75, 3.05) is 0 Å². The van der Waals surface area contributed by atoms with Gasteiger partial charge in [-0.15, -0.1) is 0 Å². The zero-order valence-corrected chi connectivity index (χ0v) is 10.5. The summed E-state index contributed by atoms with van der Waals surface area (Å²) in [4.78, 5) is 0. The Morgan fingerprint density at radius 2 is 1.00 bits per heavy atom. The first-order valence-corrected chi connectivity index (χ1v) is 24.8. The molecule has 5 heteroatoms. The van der Waals surface area contributed by atoms with E-state index in [4.69, 9.17) is 0 Å². The van der Waals surface area contributed by atoms with E-state index in [1.807, 2.05) is 0 Å². The number of halogens is 4. The van der Waals surface area contributed by atoms with Crippen LogP contribution in [0.15, 0.2) is 0 Å². The van der Waals surface area contributed by atoms with Crippen molar-refractivity contribution in [1.29, 1.82) is 0 Å². The summed E-state index contributed by atoms with van der Waals surface area (Å²) in [5.41, 5.74) is 0. The molecule has 5 heavy (non-hydrogen) atoms. The van der Waals surface area contributed by atoms with Crippen molar-refractivity contribution in [3.63, 3.8) is 0 Å². The van der Waals surface area contributed by atoms with E-state index in [2.05, 4.69) is 30.5 Å². The zero-order valence-electron chi connectivity index (χ0n) is 2.12. The molecule has 0 nitrogen and oxygen atoms in total. The minimum absolute atomic E-state index is 0. The fourth-order valence-electron chi connectivity index (χ4n) is 0. The molecule has 0 bridgehead atoms. The Morgan fingerprint density at radius 1 is 1.00 bits per heavy atom. The van der Waals surface area contributed by atoms with E-state index in [-0.39, 0.29) is 4.70 Å². The third-order valence-corrected chi connectivity index (χ3v) is 0. The first kappa shape index (κ1) is 10.5. The van der Waals surface area contributed by atoms with Gasteiger partial charge in [-0.3, -0.25) is 4.70 Å². The summed E-state index contributed by atoms with van der Waals surface area (Å²) in [7, 11) is 9.98. The molecule has 0 heterocycles. The fraction of sp³-hybridized carbons (Fsp3) is 0. The van der Waals surface area contributed by atoms with Crippen LogP contribution in [-0.2, 0) is 0 Å². The molecule has 0 spiro atoms. The average molecular weight is 399 g/mol. The van der Waals surface area contributed by atoms with Crippen LogP contribution < -0.4 is 0 Å². The average Bonchev–Trinajstić information content (AvgIpc) is 0.811. The van der Waals surface area contributed by atoms with Crippen LogP contribution in [0.5, 0.6) is 0 Å². The molecule has 0 radical (unpaired) electrons. The Bertz CT molecular complexity index is 11.6. The van der Waals surface area contributed by atoms with Crippen LogP contribution in [0.2, 0.25) is 0 Å². The Morgan fingerprint density at radius 3 is 1.00 bits per heavy atom. The van der Waals surface area contributed by atoms with E-state index in [0.29, 0.717) is 0 Å². The summed E-state index contributed by atoms with van der Waals surface area (Å²) in [5, 5.41) is 0. The molecule has 0 saturated heterocycles. The molecule has 0 aromatic carbocycles. The first-order chi connectivity index (χ1) is 1.73. The maximum absolute atomic E-state index is 3.33. The van der Waals surface area contributed by atoms with Crippen molar-refractivity contribution in [1.82, 2.24) is 0 Å². The molecule has 0 aliphatic carbocycles. The Labute approximate surface area is 55.2 Å². The number of hydrogen-bond acceptors (Lipinski definition) is 0. The minimum atomic E-state index is -1.28. The van der Waals surface area contributed by atoms with Crippen LogP contribution in [0, 0.1) is 21.5 Å². The second-order valence-corrected chi connectivity index (χ2v) is 48.6. The van der Waals surface area contributed by atoms with Crippen molar-refractivity contribution in [2.45, 2.75) is 0 Å². The predicted octanol–water partition coefficient (Wildman–Crippen LogP) is 2.69. The number of hydrogen-bond donors (Lipinski definition) is 0. The molecule has 0 fully saturated rings. The van der Waals surface area contributed by atoms with Gasteiger partial charge < -0.3 is 0 Å². The van der Waals surface area contributed by atoms with E-state index >= 15 is 0 Å². The van der Waals surface area contributed by atoms with Crippen LogP contribution in [-0.4, -0.2) is 0 Å². The van der Waals surface area contributed by atoms with Crippen LogP contribution in [0.4, 0.5) is 4.70 Å². The molecule has 0 amide bonds. The van der Waals surface area contributed by atoms with Crippen LogP contribution in [0.25, 0.3) is 0 Å². The molecule has 0 N–H and O–H groups in total. The van der Waals surface area contributed by atoms with Crippen LogP contribution in [0.3, 0.4) is 0 Å². The van der Waals surface area contributed by atoms with Crippen molar-refractivity contribution < 1.29 is 26.2 Å². The fourth-order valence-corrected chi connectivity index (χ4v) is 0. The van der Waals surface area contributed by atoms with E-state index in [0.717, 1.165) is 0 Å².